The van der Waals surface area contributed by atoms with Crippen LogP contribution in [0.1, 0.15) is 28.4 Å². The normalized spacial score (nSPS) is 10.3. The minimum atomic E-state index is -0.479. The summed E-state index contributed by atoms with van der Waals surface area (Å²) in [4.78, 5) is 26.1. The van der Waals surface area contributed by atoms with Crippen LogP contribution >= 0.6 is 0 Å². The lowest BCUT2D eigenvalue weighted by Gasteiger charge is -2.23. The van der Waals surface area contributed by atoms with E-state index in [2.05, 4.69) is 42.3 Å². The number of anilines is 1. The Morgan fingerprint density at radius 2 is 1.85 bits per heavy atom. The monoisotopic (exact) mass is 354 g/mol. The molecule has 2 aromatic rings. The molecule has 0 aliphatic rings. The molecule has 0 bridgehead atoms. The van der Waals surface area contributed by atoms with E-state index in [0.29, 0.717) is 18.7 Å². The van der Waals surface area contributed by atoms with Gasteiger partial charge in [-0.05, 0) is 50.1 Å². The maximum absolute atomic E-state index is 12.0. The van der Waals surface area contributed by atoms with Gasteiger partial charge in [0, 0.05) is 25.3 Å². The Morgan fingerprint density at radius 3 is 2.54 bits per heavy atom. The van der Waals surface area contributed by atoms with Gasteiger partial charge in [0.05, 0.1) is 5.56 Å². The number of nitrogens with one attached hydrogen (secondary N) is 1. The van der Waals surface area contributed by atoms with Gasteiger partial charge in [-0.1, -0.05) is 30.3 Å². The summed E-state index contributed by atoms with van der Waals surface area (Å²) < 4.78 is 5.09. The highest BCUT2D eigenvalue weighted by atomic mass is 16.5. The number of benzene rings is 2. The molecule has 5 heteroatoms. The maximum atomic E-state index is 12.0. The van der Waals surface area contributed by atoms with Crippen molar-refractivity contribution < 1.29 is 14.3 Å². The second-order valence-electron chi connectivity index (χ2n) is 6.16. The lowest BCUT2D eigenvalue weighted by molar-refractivity contribution is -0.124. The van der Waals surface area contributed by atoms with Crippen molar-refractivity contribution in [1.29, 1.82) is 0 Å². The molecule has 2 aromatic carbocycles. The molecule has 0 saturated heterocycles. The zero-order chi connectivity index (χ0) is 18.9. The number of carbonyl (C=O) groups is 2. The predicted molar refractivity (Wildman–Crippen MR) is 104 cm³/mol. The number of esters is 1. The minimum Gasteiger partial charge on any atom is -0.452 e. The van der Waals surface area contributed by atoms with Gasteiger partial charge in [-0.2, -0.15) is 0 Å². The molecular weight excluding hydrogens is 328 g/mol. The second kappa shape index (κ2) is 9.61. The van der Waals surface area contributed by atoms with E-state index >= 15 is 0 Å². The summed E-state index contributed by atoms with van der Waals surface area (Å²) in [6, 6.07) is 15.4. The first-order valence-electron chi connectivity index (χ1n) is 8.82. The van der Waals surface area contributed by atoms with Crippen LogP contribution in [0.25, 0.3) is 0 Å². The third kappa shape index (κ3) is 5.62. The zero-order valence-corrected chi connectivity index (χ0v) is 15.6. The molecule has 1 N–H and O–H groups in total. The van der Waals surface area contributed by atoms with Crippen LogP contribution in [0.5, 0.6) is 0 Å². The van der Waals surface area contributed by atoms with Gasteiger partial charge < -0.3 is 15.0 Å². The molecule has 5 nitrogen and oxygen atoms in total. The van der Waals surface area contributed by atoms with E-state index in [4.69, 9.17) is 4.74 Å². The van der Waals surface area contributed by atoms with Crippen LogP contribution in [0.4, 0.5) is 5.69 Å². The first-order valence-corrected chi connectivity index (χ1v) is 8.82. The quantitative estimate of drug-likeness (QED) is 0.740. The number of aryl methyl sites for hydroxylation is 2. The molecule has 0 aliphatic carbocycles. The van der Waals surface area contributed by atoms with Crippen LogP contribution in [0.2, 0.25) is 0 Å². The molecule has 0 spiro atoms. The summed E-state index contributed by atoms with van der Waals surface area (Å²) in [5, 5.41) is 2.80. The predicted octanol–water partition coefficient (Wildman–Crippen LogP) is 3.10. The van der Waals surface area contributed by atoms with E-state index in [1.807, 2.05) is 25.1 Å². The van der Waals surface area contributed by atoms with E-state index in [0.717, 1.165) is 17.8 Å². The largest absolute Gasteiger partial charge is 0.452 e. The Kier molecular flexibility index (Phi) is 7.21. The fraction of sp³-hybridized carbons (Fsp3) is 0.333. The summed E-state index contributed by atoms with van der Waals surface area (Å²) in [7, 11) is 0. The number of nitrogens with zero attached hydrogens (tertiary/aromatic N) is 1. The second-order valence-corrected chi connectivity index (χ2v) is 6.16. The first-order chi connectivity index (χ1) is 12.5. The molecular formula is C21H26N2O3. The van der Waals surface area contributed by atoms with E-state index in [-0.39, 0.29) is 12.5 Å². The molecule has 138 valence electrons. The Morgan fingerprint density at radius 1 is 1.08 bits per heavy atom. The molecule has 0 fully saturated rings. The number of rotatable bonds is 8. The van der Waals surface area contributed by atoms with Gasteiger partial charge in [0.2, 0.25) is 0 Å². The summed E-state index contributed by atoms with van der Waals surface area (Å²) in [5.41, 5.74) is 3.65. The fourth-order valence-corrected chi connectivity index (χ4v) is 2.69. The molecule has 0 saturated carbocycles. The van der Waals surface area contributed by atoms with Gasteiger partial charge >= 0.3 is 5.97 Å². The van der Waals surface area contributed by atoms with E-state index < -0.39 is 5.97 Å². The zero-order valence-electron chi connectivity index (χ0n) is 15.6. The Labute approximate surface area is 155 Å². The number of hydrogen-bond donors (Lipinski definition) is 1. The van der Waals surface area contributed by atoms with Crippen molar-refractivity contribution in [3.8, 4) is 0 Å². The molecule has 0 aliphatic heterocycles. The topological polar surface area (TPSA) is 58.6 Å². The van der Waals surface area contributed by atoms with Crippen LogP contribution in [-0.4, -0.2) is 38.1 Å². The maximum Gasteiger partial charge on any atom is 0.338 e. The summed E-state index contributed by atoms with van der Waals surface area (Å²) in [6.45, 7) is 7.72. The standard InChI is InChI=1S/C21H26N2O3/c1-4-23(18-10-7-8-16(2)14-18)13-12-22-20(24)15-26-21(25)19-11-6-5-9-17(19)3/h5-11,14H,4,12-13,15H2,1-3H3,(H,22,24). The van der Waals surface area contributed by atoms with Crippen molar-refractivity contribution in [3.05, 3.63) is 65.2 Å². The van der Waals surface area contributed by atoms with Crippen molar-refractivity contribution >= 4 is 17.6 Å². The van der Waals surface area contributed by atoms with Gasteiger partial charge in [0.25, 0.3) is 5.91 Å². The van der Waals surface area contributed by atoms with Crippen LogP contribution in [-0.2, 0) is 9.53 Å². The van der Waals surface area contributed by atoms with Gasteiger partial charge in [0.15, 0.2) is 6.61 Å². The lowest BCUT2D eigenvalue weighted by Crippen LogP contribution is -2.37. The number of ether oxygens (including phenoxy) is 1. The van der Waals surface area contributed by atoms with E-state index in [9.17, 15) is 9.59 Å². The highest BCUT2D eigenvalue weighted by molar-refractivity contribution is 5.92. The number of carbonyl (C=O) groups excluding carboxylic acids is 2. The van der Waals surface area contributed by atoms with Gasteiger partial charge in [-0.3, -0.25) is 4.79 Å². The first kappa shape index (κ1) is 19.5. The van der Waals surface area contributed by atoms with Gasteiger partial charge in [-0.25, -0.2) is 4.79 Å². The molecule has 0 unspecified atom stereocenters. The van der Waals surface area contributed by atoms with E-state index in [1.165, 1.54) is 5.56 Å². The Hall–Kier alpha value is -2.82. The summed E-state index contributed by atoms with van der Waals surface area (Å²) in [5.74, 6) is -0.777. The van der Waals surface area contributed by atoms with Crippen molar-refractivity contribution in [2.45, 2.75) is 20.8 Å². The average Bonchev–Trinajstić information content (AvgIpc) is 2.63. The third-order valence-corrected chi connectivity index (χ3v) is 4.15. The fourth-order valence-electron chi connectivity index (χ4n) is 2.69. The Bertz CT molecular complexity index is 758. The molecule has 0 aromatic heterocycles. The van der Waals surface area contributed by atoms with Crippen LogP contribution in [0, 0.1) is 13.8 Å². The van der Waals surface area contributed by atoms with Crippen molar-refractivity contribution in [1.82, 2.24) is 5.32 Å². The van der Waals surface area contributed by atoms with Crippen LogP contribution in [0.15, 0.2) is 48.5 Å². The molecule has 0 radical (unpaired) electrons. The van der Waals surface area contributed by atoms with Crippen molar-refractivity contribution in [2.75, 3.05) is 31.1 Å². The SMILES string of the molecule is CCN(CCNC(=O)COC(=O)c1ccccc1C)c1cccc(C)c1. The minimum absolute atomic E-state index is 0.274. The van der Waals surface area contributed by atoms with Crippen molar-refractivity contribution in [2.24, 2.45) is 0 Å². The smallest absolute Gasteiger partial charge is 0.338 e. The number of amides is 1. The van der Waals surface area contributed by atoms with Crippen LogP contribution < -0.4 is 10.2 Å². The molecule has 26 heavy (non-hydrogen) atoms. The number of likely N-dealkylation sites (N-methyl/N-ethyl adjacent to an activating group) is 1. The summed E-state index contributed by atoms with van der Waals surface area (Å²) >= 11 is 0. The third-order valence-electron chi connectivity index (χ3n) is 4.15. The van der Waals surface area contributed by atoms with Gasteiger partial charge in [0.1, 0.15) is 0 Å². The molecule has 0 heterocycles. The highest BCUT2D eigenvalue weighted by Crippen LogP contribution is 2.15. The average molecular weight is 354 g/mol. The molecule has 1 amide bonds. The molecule has 0 atom stereocenters. The summed E-state index contributed by atoms with van der Waals surface area (Å²) in [6.07, 6.45) is 0. The number of hydrogen-bond acceptors (Lipinski definition) is 4. The van der Waals surface area contributed by atoms with Crippen LogP contribution in [0.3, 0.4) is 0 Å². The Balaban J connectivity index is 1.76. The molecule has 2 rings (SSSR count). The lowest BCUT2D eigenvalue weighted by atomic mass is 10.1. The van der Waals surface area contributed by atoms with Crippen molar-refractivity contribution in [3.63, 3.8) is 0 Å². The highest BCUT2D eigenvalue weighted by Gasteiger charge is 2.12. The van der Waals surface area contributed by atoms with Gasteiger partial charge in [-0.15, -0.1) is 0 Å². The van der Waals surface area contributed by atoms with E-state index in [1.54, 1.807) is 12.1 Å².